The van der Waals surface area contributed by atoms with Crippen LogP contribution in [0.3, 0.4) is 0 Å². The molecule has 0 unspecified atom stereocenters. The molecule has 0 aromatic heterocycles. The lowest BCUT2D eigenvalue weighted by Crippen LogP contribution is -2.31. The van der Waals surface area contributed by atoms with E-state index in [0.717, 1.165) is 0 Å². The van der Waals surface area contributed by atoms with E-state index in [2.05, 4.69) is 10.6 Å². The van der Waals surface area contributed by atoms with Crippen molar-refractivity contribution in [3.8, 4) is 0 Å². The third-order valence-corrected chi connectivity index (χ3v) is 5.07. The lowest BCUT2D eigenvalue weighted by Gasteiger charge is -2.11. The molecule has 130 valence electrons. The molecule has 7 heteroatoms. The first-order valence-electron chi connectivity index (χ1n) is 7.33. The van der Waals surface area contributed by atoms with Crippen LogP contribution in [0.25, 0.3) is 0 Å². The summed E-state index contributed by atoms with van der Waals surface area (Å²) in [6, 6.07) is 15.2. The van der Waals surface area contributed by atoms with Crippen LogP contribution in [-0.2, 0) is 15.6 Å². The second-order valence-electron chi connectivity index (χ2n) is 5.10. The molecule has 0 fully saturated rings. The van der Waals surface area contributed by atoms with E-state index in [1.54, 1.807) is 43.4 Å². The van der Waals surface area contributed by atoms with Gasteiger partial charge in [-0.25, -0.2) is 8.42 Å². The van der Waals surface area contributed by atoms with Crippen molar-refractivity contribution in [2.45, 2.75) is 10.6 Å². The van der Waals surface area contributed by atoms with Gasteiger partial charge in [-0.05, 0) is 24.7 Å². The van der Waals surface area contributed by atoms with Crippen molar-refractivity contribution >= 4 is 28.2 Å². The van der Waals surface area contributed by atoms with Crippen LogP contribution in [0.4, 0.5) is 0 Å². The number of likely N-dealkylation sites (N-methyl/N-ethyl adjacent to an activating group) is 1. The molecule has 24 heavy (non-hydrogen) atoms. The number of sulfone groups is 1. The summed E-state index contributed by atoms with van der Waals surface area (Å²) in [7, 11) is -1.81. The van der Waals surface area contributed by atoms with Gasteiger partial charge in [-0.1, -0.05) is 42.5 Å². The first-order chi connectivity index (χ1) is 11.0. The summed E-state index contributed by atoms with van der Waals surface area (Å²) in [5, 5.41) is 5.63. The molecule has 2 aromatic carbocycles. The second kappa shape index (κ2) is 9.42. The highest BCUT2D eigenvalue weighted by molar-refractivity contribution is 7.90. The largest absolute Gasteiger partial charge is 0.351 e. The van der Waals surface area contributed by atoms with Crippen LogP contribution in [0, 0.1) is 0 Å². The maximum absolute atomic E-state index is 12.7. The van der Waals surface area contributed by atoms with E-state index < -0.39 is 9.84 Å². The molecule has 2 N–H and O–H groups in total. The fourth-order valence-corrected chi connectivity index (χ4v) is 3.76. The molecule has 0 saturated carbocycles. The lowest BCUT2D eigenvalue weighted by molar-refractivity contribution is 0.0951. The van der Waals surface area contributed by atoms with Gasteiger partial charge in [0, 0.05) is 13.1 Å². The molecule has 5 nitrogen and oxygen atoms in total. The van der Waals surface area contributed by atoms with Gasteiger partial charge in [0.25, 0.3) is 5.91 Å². The smallest absolute Gasteiger partial charge is 0.252 e. The van der Waals surface area contributed by atoms with Crippen molar-refractivity contribution in [3.05, 3.63) is 65.7 Å². The number of nitrogens with one attached hydrogen (secondary N) is 2. The Hall–Kier alpha value is -1.89. The SMILES string of the molecule is CNCCNC(=O)c1ccccc1S(=O)(=O)Cc1ccccc1.Cl. The summed E-state index contributed by atoms with van der Waals surface area (Å²) in [4.78, 5) is 12.3. The van der Waals surface area contributed by atoms with E-state index in [1.165, 1.54) is 12.1 Å². The van der Waals surface area contributed by atoms with Gasteiger partial charge in [0.1, 0.15) is 0 Å². The molecule has 0 radical (unpaired) electrons. The maximum atomic E-state index is 12.7. The van der Waals surface area contributed by atoms with E-state index in [0.29, 0.717) is 18.7 Å². The molecule has 0 heterocycles. The number of hydrogen-bond donors (Lipinski definition) is 2. The molecule has 0 saturated heterocycles. The van der Waals surface area contributed by atoms with Crippen molar-refractivity contribution in [2.24, 2.45) is 0 Å². The van der Waals surface area contributed by atoms with Crippen molar-refractivity contribution in [3.63, 3.8) is 0 Å². The Kier molecular flexibility index (Phi) is 7.91. The van der Waals surface area contributed by atoms with Crippen molar-refractivity contribution in [1.82, 2.24) is 10.6 Å². The fraction of sp³-hybridized carbons (Fsp3) is 0.235. The third-order valence-electron chi connectivity index (χ3n) is 3.33. The molecule has 0 bridgehead atoms. The van der Waals surface area contributed by atoms with Gasteiger partial charge in [-0.15, -0.1) is 12.4 Å². The first kappa shape index (κ1) is 20.2. The molecule has 0 aliphatic rings. The summed E-state index contributed by atoms with van der Waals surface area (Å²) in [5.41, 5.74) is 0.873. The van der Waals surface area contributed by atoms with Crippen LogP contribution in [0.5, 0.6) is 0 Å². The molecule has 0 atom stereocenters. The minimum absolute atomic E-state index is 0. The highest BCUT2D eigenvalue weighted by atomic mass is 35.5. The average Bonchev–Trinajstić information content (AvgIpc) is 2.55. The van der Waals surface area contributed by atoms with Gasteiger partial charge < -0.3 is 10.6 Å². The lowest BCUT2D eigenvalue weighted by atomic mass is 10.2. The van der Waals surface area contributed by atoms with Crippen LogP contribution in [0.15, 0.2) is 59.5 Å². The Morgan fingerprint density at radius 3 is 2.25 bits per heavy atom. The van der Waals surface area contributed by atoms with Gasteiger partial charge in [0.2, 0.25) is 0 Å². The molecule has 1 amide bonds. The van der Waals surface area contributed by atoms with E-state index in [-0.39, 0.29) is 34.5 Å². The number of carbonyl (C=O) groups excluding carboxylic acids is 1. The van der Waals surface area contributed by atoms with Gasteiger partial charge in [-0.2, -0.15) is 0 Å². The van der Waals surface area contributed by atoms with Crippen molar-refractivity contribution in [1.29, 1.82) is 0 Å². The van der Waals surface area contributed by atoms with E-state index in [4.69, 9.17) is 0 Å². The number of benzene rings is 2. The third kappa shape index (κ3) is 5.33. The van der Waals surface area contributed by atoms with Crippen LogP contribution in [-0.4, -0.2) is 34.5 Å². The van der Waals surface area contributed by atoms with Gasteiger partial charge in [0.05, 0.1) is 16.2 Å². The average molecular weight is 369 g/mol. The van der Waals surface area contributed by atoms with E-state index in [1.807, 2.05) is 6.07 Å². The van der Waals surface area contributed by atoms with Gasteiger partial charge in [-0.3, -0.25) is 4.79 Å². The number of hydrogen-bond acceptors (Lipinski definition) is 4. The maximum Gasteiger partial charge on any atom is 0.252 e. The van der Waals surface area contributed by atoms with E-state index >= 15 is 0 Å². The quantitative estimate of drug-likeness (QED) is 0.733. The van der Waals surface area contributed by atoms with Crippen LogP contribution in [0.1, 0.15) is 15.9 Å². The number of halogens is 1. The van der Waals surface area contributed by atoms with Crippen LogP contribution < -0.4 is 10.6 Å². The minimum atomic E-state index is -3.60. The Labute approximate surface area is 148 Å². The summed E-state index contributed by atoms with van der Waals surface area (Å²) >= 11 is 0. The summed E-state index contributed by atoms with van der Waals surface area (Å²) in [6.07, 6.45) is 0. The molecule has 0 aliphatic heterocycles. The number of amides is 1. The van der Waals surface area contributed by atoms with Crippen molar-refractivity contribution in [2.75, 3.05) is 20.1 Å². The standard InChI is InChI=1S/C17H20N2O3S.ClH/c1-18-11-12-19-17(20)15-9-5-6-10-16(15)23(21,22)13-14-7-3-2-4-8-14;/h2-10,18H,11-13H2,1H3,(H,19,20);1H. The fourth-order valence-electron chi connectivity index (χ4n) is 2.19. The molecule has 0 aliphatic carbocycles. The Balaban J connectivity index is 0.00000288. The molecular weight excluding hydrogens is 348 g/mol. The minimum Gasteiger partial charge on any atom is -0.351 e. The van der Waals surface area contributed by atoms with Crippen LogP contribution in [0.2, 0.25) is 0 Å². The van der Waals surface area contributed by atoms with Gasteiger partial charge >= 0.3 is 0 Å². The molecule has 2 aromatic rings. The zero-order chi connectivity index (χ0) is 16.7. The normalized spacial score (nSPS) is 10.7. The Morgan fingerprint density at radius 2 is 1.58 bits per heavy atom. The predicted octanol–water partition coefficient (Wildman–Crippen LogP) is 2.03. The number of carbonyl (C=O) groups is 1. The zero-order valence-electron chi connectivity index (χ0n) is 13.4. The monoisotopic (exact) mass is 368 g/mol. The van der Waals surface area contributed by atoms with E-state index in [9.17, 15) is 13.2 Å². The number of rotatable bonds is 7. The predicted molar refractivity (Wildman–Crippen MR) is 97.3 cm³/mol. The highest BCUT2D eigenvalue weighted by Crippen LogP contribution is 2.20. The summed E-state index contributed by atoms with van der Waals surface area (Å²) in [5.74, 6) is -0.512. The molecular formula is C17H21ClN2O3S. The summed E-state index contributed by atoms with van der Waals surface area (Å²) < 4.78 is 25.3. The molecule has 2 rings (SSSR count). The topological polar surface area (TPSA) is 75.3 Å². The highest BCUT2D eigenvalue weighted by Gasteiger charge is 2.22. The Morgan fingerprint density at radius 1 is 0.958 bits per heavy atom. The second-order valence-corrected chi connectivity index (χ2v) is 7.06. The Bertz CT molecular complexity index is 764. The van der Waals surface area contributed by atoms with Crippen molar-refractivity contribution < 1.29 is 13.2 Å². The first-order valence-corrected chi connectivity index (χ1v) is 8.98. The van der Waals surface area contributed by atoms with Gasteiger partial charge in [0.15, 0.2) is 9.84 Å². The summed E-state index contributed by atoms with van der Waals surface area (Å²) in [6.45, 7) is 1.05. The zero-order valence-corrected chi connectivity index (χ0v) is 15.0. The van der Waals surface area contributed by atoms with Crippen LogP contribution >= 0.6 is 12.4 Å². The molecule has 0 spiro atoms.